The molecule has 0 heterocycles. The third kappa shape index (κ3) is 19.7. The second kappa shape index (κ2) is 20.7. The summed E-state index contributed by atoms with van der Waals surface area (Å²) in [5.41, 5.74) is 0. The number of esters is 1. The average molecular weight is 367 g/mol. The first-order chi connectivity index (χ1) is 11.8. The first-order valence-corrected chi connectivity index (χ1v) is 9.79. The highest BCUT2D eigenvalue weighted by molar-refractivity contribution is 6.17. The van der Waals surface area contributed by atoms with E-state index in [0.717, 1.165) is 44.6 Å². The topological polar surface area (TPSA) is 54.0 Å². The Morgan fingerprint density at radius 2 is 1.29 bits per heavy atom. The van der Waals surface area contributed by atoms with Gasteiger partial charge in [0.2, 0.25) is 0 Å². The van der Waals surface area contributed by atoms with Crippen molar-refractivity contribution in [2.75, 3.05) is 52.1 Å². The highest BCUT2D eigenvalue weighted by Gasteiger charge is 2.01. The number of hydrogen-bond acceptors (Lipinski definition) is 5. The zero-order chi connectivity index (χ0) is 17.7. The summed E-state index contributed by atoms with van der Waals surface area (Å²) < 4.78 is 21.3. The molecule has 0 N–H and O–H groups in total. The number of rotatable bonds is 19. The Bertz CT molecular complexity index is 264. The Kier molecular flexibility index (Phi) is 20.4. The molecule has 0 radical (unpaired) electrons. The van der Waals surface area contributed by atoms with Gasteiger partial charge in [0.15, 0.2) is 0 Å². The van der Waals surface area contributed by atoms with Crippen LogP contribution in [0.25, 0.3) is 0 Å². The van der Waals surface area contributed by atoms with Crippen LogP contribution in [0.15, 0.2) is 0 Å². The van der Waals surface area contributed by atoms with Crippen molar-refractivity contribution in [1.82, 2.24) is 0 Å². The van der Waals surface area contributed by atoms with Crippen molar-refractivity contribution in [3.63, 3.8) is 0 Å². The SMILES string of the molecule is CCCCCC(=O)OCCOCCOCCOCCCCCCCl. The van der Waals surface area contributed by atoms with Gasteiger partial charge in [0.25, 0.3) is 0 Å². The fourth-order valence-electron chi connectivity index (χ4n) is 2.00. The van der Waals surface area contributed by atoms with Gasteiger partial charge in [-0.2, -0.15) is 0 Å². The molecule has 0 saturated carbocycles. The summed E-state index contributed by atoms with van der Waals surface area (Å²) in [6.07, 6.45) is 8.10. The molecule has 0 amide bonds. The zero-order valence-electron chi connectivity index (χ0n) is 15.2. The smallest absolute Gasteiger partial charge is 0.305 e. The van der Waals surface area contributed by atoms with Gasteiger partial charge in [0, 0.05) is 18.9 Å². The summed E-state index contributed by atoms with van der Waals surface area (Å²) in [4.78, 5) is 11.3. The molecule has 0 fully saturated rings. The molecular weight excluding hydrogens is 332 g/mol. The average Bonchev–Trinajstić information content (AvgIpc) is 2.58. The normalized spacial score (nSPS) is 10.9. The Labute approximate surface area is 152 Å². The predicted octanol–water partition coefficient (Wildman–Crippen LogP) is 3.96. The second-order valence-electron chi connectivity index (χ2n) is 5.62. The molecule has 0 spiro atoms. The van der Waals surface area contributed by atoms with E-state index in [2.05, 4.69) is 6.92 Å². The third-order valence-corrected chi connectivity index (χ3v) is 3.66. The van der Waals surface area contributed by atoms with E-state index in [4.69, 9.17) is 30.5 Å². The monoisotopic (exact) mass is 366 g/mol. The van der Waals surface area contributed by atoms with E-state index in [1.165, 1.54) is 12.8 Å². The fraction of sp³-hybridized carbons (Fsp3) is 0.944. The van der Waals surface area contributed by atoms with Gasteiger partial charge >= 0.3 is 5.97 Å². The van der Waals surface area contributed by atoms with Crippen molar-refractivity contribution in [2.24, 2.45) is 0 Å². The number of halogens is 1. The molecule has 0 atom stereocenters. The first kappa shape index (κ1) is 23.6. The molecule has 0 aromatic heterocycles. The van der Waals surface area contributed by atoms with E-state index < -0.39 is 0 Å². The van der Waals surface area contributed by atoms with Gasteiger partial charge in [0.1, 0.15) is 6.61 Å². The van der Waals surface area contributed by atoms with Crippen LogP contribution >= 0.6 is 11.6 Å². The van der Waals surface area contributed by atoms with E-state index in [9.17, 15) is 4.79 Å². The van der Waals surface area contributed by atoms with Crippen molar-refractivity contribution in [3.05, 3.63) is 0 Å². The van der Waals surface area contributed by atoms with Gasteiger partial charge in [-0.3, -0.25) is 4.79 Å². The first-order valence-electron chi connectivity index (χ1n) is 9.26. The van der Waals surface area contributed by atoms with Crippen LogP contribution in [0.1, 0.15) is 58.3 Å². The number of carbonyl (C=O) groups is 1. The van der Waals surface area contributed by atoms with Crippen molar-refractivity contribution in [3.8, 4) is 0 Å². The van der Waals surface area contributed by atoms with E-state index in [1.807, 2.05) is 0 Å². The molecule has 24 heavy (non-hydrogen) atoms. The summed E-state index contributed by atoms with van der Waals surface area (Å²) >= 11 is 5.61. The third-order valence-electron chi connectivity index (χ3n) is 3.39. The molecule has 0 saturated heterocycles. The second-order valence-corrected chi connectivity index (χ2v) is 6.00. The molecule has 0 aromatic carbocycles. The predicted molar refractivity (Wildman–Crippen MR) is 96.7 cm³/mol. The van der Waals surface area contributed by atoms with E-state index in [-0.39, 0.29) is 5.97 Å². The Hall–Kier alpha value is -0.360. The quantitative estimate of drug-likeness (QED) is 0.197. The van der Waals surface area contributed by atoms with Crippen LogP contribution in [0.4, 0.5) is 0 Å². The Morgan fingerprint density at radius 3 is 1.92 bits per heavy atom. The largest absolute Gasteiger partial charge is 0.463 e. The Morgan fingerprint density at radius 1 is 0.708 bits per heavy atom. The number of unbranched alkanes of at least 4 members (excludes halogenated alkanes) is 5. The maximum Gasteiger partial charge on any atom is 0.305 e. The van der Waals surface area contributed by atoms with Gasteiger partial charge in [-0.1, -0.05) is 32.6 Å². The summed E-state index contributed by atoms with van der Waals surface area (Å²) in [6.45, 7) is 5.86. The lowest BCUT2D eigenvalue weighted by Crippen LogP contribution is -2.14. The van der Waals surface area contributed by atoms with Crippen molar-refractivity contribution >= 4 is 17.6 Å². The van der Waals surface area contributed by atoms with Crippen LogP contribution < -0.4 is 0 Å². The van der Waals surface area contributed by atoms with Gasteiger partial charge < -0.3 is 18.9 Å². The lowest BCUT2D eigenvalue weighted by atomic mass is 10.2. The van der Waals surface area contributed by atoms with Crippen molar-refractivity contribution in [2.45, 2.75) is 58.3 Å². The molecule has 0 bridgehead atoms. The van der Waals surface area contributed by atoms with Crippen LogP contribution in [-0.2, 0) is 23.7 Å². The van der Waals surface area contributed by atoms with Crippen LogP contribution in [0.5, 0.6) is 0 Å². The maximum absolute atomic E-state index is 11.3. The molecular formula is C18H35ClO5. The van der Waals surface area contributed by atoms with E-state index >= 15 is 0 Å². The van der Waals surface area contributed by atoms with Crippen LogP contribution in [-0.4, -0.2) is 58.1 Å². The summed E-state index contributed by atoms with van der Waals surface area (Å²) in [7, 11) is 0. The Balaban J connectivity index is 3.06. The summed E-state index contributed by atoms with van der Waals surface area (Å²) in [5, 5.41) is 0. The van der Waals surface area contributed by atoms with E-state index in [1.54, 1.807) is 0 Å². The molecule has 0 aromatic rings. The molecule has 0 aliphatic carbocycles. The standard InChI is InChI=1S/C18H35ClO5/c1-2-3-6-9-18(20)24-17-16-23-15-14-22-13-12-21-11-8-5-4-7-10-19/h2-17H2,1H3. The van der Waals surface area contributed by atoms with Gasteiger partial charge in [-0.25, -0.2) is 0 Å². The number of carbonyl (C=O) groups excluding carboxylic acids is 1. The molecule has 5 nitrogen and oxygen atoms in total. The van der Waals surface area contributed by atoms with Crippen molar-refractivity contribution < 1.29 is 23.7 Å². The molecule has 0 rings (SSSR count). The minimum absolute atomic E-state index is 0.136. The fourth-order valence-corrected chi connectivity index (χ4v) is 2.19. The van der Waals surface area contributed by atoms with Crippen molar-refractivity contribution in [1.29, 1.82) is 0 Å². The maximum atomic E-state index is 11.3. The minimum Gasteiger partial charge on any atom is -0.463 e. The van der Waals surface area contributed by atoms with Crippen LogP contribution in [0.2, 0.25) is 0 Å². The van der Waals surface area contributed by atoms with Crippen LogP contribution in [0, 0.1) is 0 Å². The van der Waals surface area contributed by atoms with Gasteiger partial charge in [0.05, 0.1) is 33.0 Å². The molecule has 144 valence electrons. The van der Waals surface area contributed by atoms with Gasteiger partial charge in [-0.05, 0) is 19.3 Å². The molecule has 6 heteroatoms. The number of hydrogen-bond donors (Lipinski definition) is 0. The summed E-state index contributed by atoms with van der Waals surface area (Å²) in [5.74, 6) is 0.612. The minimum atomic E-state index is -0.136. The molecule has 0 unspecified atom stereocenters. The lowest BCUT2D eigenvalue weighted by molar-refractivity contribution is -0.145. The number of alkyl halides is 1. The highest BCUT2D eigenvalue weighted by Crippen LogP contribution is 2.01. The molecule has 0 aliphatic heterocycles. The highest BCUT2D eigenvalue weighted by atomic mass is 35.5. The van der Waals surface area contributed by atoms with Gasteiger partial charge in [-0.15, -0.1) is 11.6 Å². The van der Waals surface area contributed by atoms with Crippen LogP contribution in [0.3, 0.4) is 0 Å². The summed E-state index contributed by atoms with van der Waals surface area (Å²) in [6, 6.07) is 0. The lowest BCUT2D eigenvalue weighted by Gasteiger charge is -2.07. The number of ether oxygens (including phenoxy) is 4. The van der Waals surface area contributed by atoms with E-state index in [0.29, 0.717) is 46.1 Å². The zero-order valence-corrected chi connectivity index (χ0v) is 16.0. The molecule has 0 aliphatic rings.